The molecule has 0 spiro atoms. The first-order valence-corrected chi connectivity index (χ1v) is 15.5. The lowest BCUT2D eigenvalue weighted by atomic mass is 9.48. The zero-order valence-electron chi connectivity index (χ0n) is 24.2. The van der Waals surface area contributed by atoms with E-state index >= 15 is 4.79 Å². The summed E-state index contributed by atoms with van der Waals surface area (Å²) < 4.78 is 0. The van der Waals surface area contributed by atoms with Gasteiger partial charge in [-0.25, -0.2) is 0 Å². The molecule has 3 amide bonds. The minimum absolute atomic E-state index is 0.100. The summed E-state index contributed by atoms with van der Waals surface area (Å²) in [4.78, 5) is 72.4. The van der Waals surface area contributed by atoms with Crippen molar-refractivity contribution in [3.8, 4) is 0 Å². The van der Waals surface area contributed by atoms with Crippen LogP contribution in [0, 0.1) is 23.2 Å². The number of hydrogen-bond donors (Lipinski definition) is 1. The molecule has 4 bridgehead atoms. The molecule has 2 aliphatic heterocycles. The van der Waals surface area contributed by atoms with E-state index in [1.54, 1.807) is 29.2 Å². The number of rotatable bonds is 6. The van der Waals surface area contributed by atoms with Crippen molar-refractivity contribution < 1.29 is 29.1 Å². The van der Waals surface area contributed by atoms with Crippen molar-refractivity contribution in [2.75, 3.05) is 18.0 Å². The zero-order chi connectivity index (χ0) is 29.9. The average Bonchev–Trinajstić information content (AvgIpc) is 2.99. The summed E-state index contributed by atoms with van der Waals surface area (Å²) in [6.07, 6.45) is 6.89. The second-order valence-electron chi connectivity index (χ2n) is 13.6. The number of carbonyl (C=O) groups excluding carboxylic acids is 4. The zero-order valence-corrected chi connectivity index (χ0v) is 24.2. The molecule has 9 nitrogen and oxygen atoms in total. The number of anilines is 1. The maximum atomic E-state index is 15.0. The fraction of sp³-hybridized carbons (Fsp3) is 0.500. The van der Waals surface area contributed by atoms with E-state index in [1.165, 1.54) is 24.2 Å². The monoisotopic (exact) mass is 583 g/mol. The van der Waals surface area contributed by atoms with E-state index < -0.39 is 43.0 Å². The van der Waals surface area contributed by atoms with Gasteiger partial charge in [0.05, 0.1) is 12.2 Å². The topological polar surface area (TPSA) is 115 Å². The minimum Gasteiger partial charge on any atom is -0.480 e. The highest BCUT2D eigenvalue weighted by Gasteiger charge is 2.55. The molecule has 0 radical (unpaired) electrons. The van der Waals surface area contributed by atoms with Gasteiger partial charge in [0.2, 0.25) is 17.7 Å². The van der Waals surface area contributed by atoms with Crippen molar-refractivity contribution >= 4 is 35.2 Å². The van der Waals surface area contributed by atoms with Gasteiger partial charge in [0.25, 0.3) is 0 Å². The van der Waals surface area contributed by atoms with Crippen molar-refractivity contribution in [1.82, 2.24) is 9.80 Å². The highest BCUT2D eigenvalue weighted by atomic mass is 16.4. The number of amides is 3. The normalized spacial score (nSPS) is 31.8. The molecule has 5 fully saturated rings. The van der Waals surface area contributed by atoms with Gasteiger partial charge >= 0.3 is 5.97 Å². The molecule has 4 aliphatic carbocycles. The highest BCUT2D eigenvalue weighted by Crippen LogP contribution is 2.62. The summed E-state index contributed by atoms with van der Waals surface area (Å²) in [5.41, 5.74) is 1.57. The molecule has 2 aromatic carbocycles. The van der Waals surface area contributed by atoms with Crippen molar-refractivity contribution in [3.63, 3.8) is 0 Å². The maximum Gasteiger partial charge on any atom is 0.323 e. The number of aliphatic carboxylic acids is 1. The molecule has 1 N–H and O–H groups in total. The van der Waals surface area contributed by atoms with E-state index in [-0.39, 0.29) is 30.1 Å². The van der Waals surface area contributed by atoms with Crippen molar-refractivity contribution in [2.45, 2.75) is 70.0 Å². The van der Waals surface area contributed by atoms with Gasteiger partial charge in [-0.1, -0.05) is 42.5 Å². The highest BCUT2D eigenvalue weighted by molar-refractivity contribution is 6.11. The molecule has 2 aromatic rings. The molecule has 8 rings (SSSR count). The number of piperazine rings is 1. The largest absolute Gasteiger partial charge is 0.480 e. The van der Waals surface area contributed by atoms with Crippen molar-refractivity contribution in [3.05, 3.63) is 65.7 Å². The summed E-state index contributed by atoms with van der Waals surface area (Å²) in [7, 11) is 0. The Bertz CT molecular complexity index is 1450. The molecule has 4 saturated carbocycles. The molecule has 2 heterocycles. The molecule has 0 aromatic heterocycles. The van der Waals surface area contributed by atoms with E-state index in [9.17, 15) is 24.3 Å². The average molecular weight is 584 g/mol. The molecule has 43 heavy (non-hydrogen) atoms. The standard InChI is InChI=1S/C34H37N3O6/c38-29-13-27-32(42)35(20-31(40)41)19-30(39)37(27)28(17-34-14-22-10-23(15-34)12-24(11-22)16-34)33(43)36(18-21-6-2-1-3-7-21)26-9-5-4-8-25(26)29/h1-9,22-24,27-28H,10-20H2,(H,40,41)/t22?,23?,24?,27-,28-,34?/m0/s1. The smallest absolute Gasteiger partial charge is 0.323 e. The van der Waals surface area contributed by atoms with Crippen LogP contribution in [-0.4, -0.2) is 69.6 Å². The molecular weight excluding hydrogens is 546 g/mol. The van der Waals surface area contributed by atoms with Crippen LogP contribution in [0.25, 0.3) is 0 Å². The Morgan fingerprint density at radius 3 is 2.12 bits per heavy atom. The third-order valence-corrected chi connectivity index (χ3v) is 10.6. The van der Waals surface area contributed by atoms with E-state index in [2.05, 4.69) is 0 Å². The molecule has 0 unspecified atom stereocenters. The van der Waals surface area contributed by atoms with Crippen LogP contribution in [0.1, 0.15) is 67.3 Å². The molecule has 6 aliphatic rings. The lowest BCUT2D eigenvalue weighted by Gasteiger charge is -2.58. The Kier molecular flexibility index (Phi) is 6.86. The number of para-hydroxylation sites is 1. The predicted octanol–water partition coefficient (Wildman–Crippen LogP) is 3.91. The summed E-state index contributed by atoms with van der Waals surface area (Å²) in [5.74, 6) is -1.07. The first-order chi connectivity index (χ1) is 20.7. The van der Waals surface area contributed by atoms with Gasteiger partial charge in [0.1, 0.15) is 25.2 Å². The fourth-order valence-electron chi connectivity index (χ4n) is 9.41. The van der Waals surface area contributed by atoms with Crippen molar-refractivity contribution in [1.29, 1.82) is 0 Å². The summed E-state index contributed by atoms with van der Waals surface area (Å²) in [6.45, 7) is -0.841. The van der Waals surface area contributed by atoms with Gasteiger partial charge in [-0.05, 0) is 85.8 Å². The predicted molar refractivity (Wildman–Crippen MR) is 157 cm³/mol. The third kappa shape index (κ3) is 5.02. The molecule has 2 atom stereocenters. The first kappa shape index (κ1) is 27.8. The van der Waals surface area contributed by atoms with Gasteiger partial charge in [-0.15, -0.1) is 0 Å². The van der Waals surface area contributed by atoms with E-state index in [0.29, 0.717) is 35.4 Å². The summed E-state index contributed by atoms with van der Waals surface area (Å²) in [6, 6.07) is 14.4. The second kappa shape index (κ2) is 10.6. The number of carboxylic acids is 1. The Morgan fingerprint density at radius 2 is 1.47 bits per heavy atom. The molecular formula is C34H37N3O6. The third-order valence-electron chi connectivity index (χ3n) is 10.6. The summed E-state index contributed by atoms with van der Waals surface area (Å²) >= 11 is 0. The van der Waals surface area contributed by atoms with Gasteiger partial charge in [0, 0.05) is 12.0 Å². The number of nitrogens with zero attached hydrogens (tertiary/aromatic N) is 3. The first-order valence-electron chi connectivity index (χ1n) is 15.5. The van der Waals surface area contributed by atoms with E-state index in [4.69, 9.17) is 0 Å². The van der Waals surface area contributed by atoms with Gasteiger partial charge in [-0.3, -0.25) is 24.0 Å². The Balaban J connectivity index is 1.35. The lowest BCUT2D eigenvalue weighted by Crippen LogP contribution is -2.66. The second-order valence-corrected chi connectivity index (χ2v) is 13.6. The van der Waals surface area contributed by atoms with Crippen LogP contribution >= 0.6 is 0 Å². The minimum atomic E-state index is -1.24. The van der Waals surface area contributed by atoms with Gasteiger partial charge < -0.3 is 19.8 Å². The van der Waals surface area contributed by atoms with E-state index in [1.807, 2.05) is 30.3 Å². The van der Waals surface area contributed by atoms with Crippen LogP contribution in [0.3, 0.4) is 0 Å². The maximum absolute atomic E-state index is 15.0. The van der Waals surface area contributed by atoms with Gasteiger partial charge in [0.15, 0.2) is 5.78 Å². The van der Waals surface area contributed by atoms with Crippen LogP contribution in [0.4, 0.5) is 5.69 Å². The number of fused-ring (bicyclic) bond motifs is 2. The van der Waals surface area contributed by atoms with Crippen LogP contribution in [0.15, 0.2) is 54.6 Å². The summed E-state index contributed by atoms with van der Waals surface area (Å²) in [5, 5.41) is 9.46. The van der Waals surface area contributed by atoms with Gasteiger partial charge in [-0.2, -0.15) is 0 Å². The van der Waals surface area contributed by atoms with Crippen LogP contribution < -0.4 is 4.90 Å². The van der Waals surface area contributed by atoms with Crippen molar-refractivity contribution in [2.24, 2.45) is 23.2 Å². The quantitative estimate of drug-likeness (QED) is 0.552. The van der Waals surface area contributed by atoms with Crippen LogP contribution in [0.2, 0.25) is 0 Å². The molecule has 224 valence electrons. The molecule has 9 heteroatoms. The number of hydrogen-bond acceptors (Lipinski definition) is 5. The van der Waals surface area contributed by atoms with E-state index in [0.717, 1.165) is 29.7 Å². The fourth-order valence-corrected chi connectivity index (χ4v) is 9.41. The number of benzene rings is 2. The SMILES string of the molecule is O=C(O)CN1CC(=O)N2[C@@H](CC(=O)c3ccccc3N(Cc3ccccc3)C(=O)[C@@H]2CC23CC4CC(CC(C4)C2)C3)C1=O. The Labute approximate surface area is 250 Å². The molecule has 1 saturated heterocycles. The number of carbonyl (C=O) groups is 5. The van der Waals surface area contributed by atoms with Crippen LogP contribution in [0.5, 0.6) is 0 Å². The Morgan fingerprint density at radius 1 is 0.837 bits per heavy atom. The number of ketones is 1. The Hall–Kier alpha value is -4.01. The number of carboxylic acid groups (broad SMARTS) is 1. The number of Topliss-reactive ketones (excluding diaryl/α,β-unsaturated/α-hetero) is 1. The van der Waals surface area contributed by atoms with Crippen LogP contribution in [-0.2, 0) is 25.7 Å². The lowest BCUT2D eigenvalue weighted by molar-refractivity contribution is -0.165.